The number of carbonyl (C=O) groups excluding carboxylic acids is 2. The fraction of sp³-hybridized carbons (Fsp3) is 0.400. The Morgan fingerprint density at radius 2 is 1.94 bits per heavy atom. The molecule has 0 bridgehead atoms. The standard InChI is InChI=1S/C25H24F4N4O3/c26-18-12-31-23-22(17-10-14(34)2-1-3-20(17)32-23)21(18)13-6-8-33(9-7-13)24(35)16-5-4-15(11-19(16)30)36-25(27,28)29/h4-5,11-13H,1-3,6-10,30H2,(H,31,32). The van der Waals surface area contributed by atoms with Crippen LogP contribution in [0.5, 0.6) is 5.75 Å². The Morgan fingerprint density at radius 3 is 2.64 bits per heavy atom. The van der Waals surface area contributed by atoms with Gasteiger partial charge in [0, 0.05) is 54.3 Å². The summed E-state index contributed by atoms with van der Waals surface area (Å²) in [5, 5.41) is 0.675. The number of piperidine rings is 1. The molecular formula is C25H24F4N4O3. The lowest BCUT2D eigenvalue weighted by atomic mass is 9.86. The predicted octanol–water partition coefficient (Wildman–Crippen LogP) is 4.65. The Kier molecular flexibility index (Phi) is 6.09. The van der Waals surface area contributed by atoms with Crippen molar-refractivity contribution < 1.29 is 31.9 Å². The first-order valence-electron chi connectivity index (χ1n) is 11.7. The first-order valence-corrected chi connectivity index (χ1v) is 11.7. The summed E-state index contributed by atoms with van der Waals surface area (Å²) < 4.78 is 56.3. The molecule has 1 saturated heterocycles. The van der Waals surface area contributed by atoms with Gasteiger partial charge in [0.25, 0.3) is 5.91 Å². The molecule has 1 fully saturated rings. The molecule has 1 aromatic carbocycles. The van der Waals surface area contributed by atoms with Crippen molar-refractivity contribution in [1.82, 2.24) is 14.9 Å². The molecule has 2 aromatic heterocycles. The van der Waals surface area contributed by atoms with Gasteiger partial charge in [-0.05, 0) is 49.3 Å². The molecule has 190 valence electrons. The third-order valence-corrected chi connectivity index (χ3v) is 6.94. The van der Waals surface area contributed by atoms with Crippen molar-refractivity contribution in [3.05, 3.63) is 52.6 Å². The molecule has 3 heterocycles. The van der Waals surface area contributed by atoms with Crippen LogP contribution in [-0.2, 0) is 17.6 Å². The molecule has 1 aliphatic carbocycles. The Bertz CT molecular complexity index is 1340. The van der Waals surface area contributed by atoms with E-state index in [0.29, 0.717) is 55.4 Å². The van der Waals surface area contributed by atoms with E-state index in [1.807, 2.05) is 0 Å². The highest BCUT2D eigenvalue weighted by atomic mass is 19.4. The average Bonchev–Trinajstić information content (AvgIpc) is 3.03. The largest absolute Gasteiger partial charge is 0.573 e. The number of benzene rings is 1. The van der Waals surface area contributed by atoms with Crippen LogP contribution in [0.2, 0.25) is 0 Å². The Morgan fingerprint density at radius 1 is 1.19 bits per heavy atom. The molecule has 0 unspecified atom stereocenters. The number of halogens is 4. The minimum absolute atomic E-state index is 0.0786. The summed E-state index contributed by atoms with van der Waals surface area (Å²) in [4.78, 5) is 34.3. The number of Topliss-reactive ketones (excluding diaryl/α,β-unsaturated/α-hetero) is 1. The lowest BCUT2D eigenvalue weighted by Gasteiger charge is -2.33. The number of H-pyrrole nitrogens is 1. The molecule has 7 nitrogen and oxygen atoms in total. The summed E-state index contributed by atoms with van der Waals surface area (Å²) in [6.07, 6.45) is -0.525. The topological polar surface area (TPSA) is 101 Å². The lowest BCUT2D eigenvalue weighted by molar-refractivity contribution is -0.274. The zero-order valence-corrected chi connectivity index (χ0v) is 19.3. The number of aromatic amines is 1. The number of aromatic nitrogens is 2. The van der Waals surface area contributed by atoms with Crippen LogP contribution in [0.3, 0.4) is 0 Å². The number of fused-ring (bicyclic) bond motifs is 3. The fourth-order valence-corrected chi connectivity index (χ4v) is 5.30. The number of rotatable bonds is 3. The van der Waals surface area contributed by atoms with E-state index >= 15 is 4.39 Å². The van der Waals surface area contributed by atoms with E-state index in [-0.39, 0.29) is 29.4 Å². The number of anilines is 1. The highest BCUT2D eigenvalue weighted by Crippen LogP contribution is 2.38. The van der Waals surface area contributed by atoms with E-state index in [2.05, 4.69) is 14.7 Å². The molecule has 11 heteroatoms. The van der Waals surface area contributed by atoms with Crippen molar-refractivity contribution in [3.8, 4) is 5.75 Å². The summed E-state index contributed by atoms with van der Waals surface area (Å²) in [6.45, 7) is 0.636. The highest BCUT2D eigenvalue weighted by molar-refractivity contribution is 5.99. The molecule has 1 aliphatic heterocycles. The van der Waals surface area contributed by atoms with Crippen LogP contribution in [-0.4, -0.2) is 46.0 Å². The van der Waals surface area contributed by atoms with Crippen LogP contribution in [0.25, 0.3) is 11.0 Å². The van der Waals surface area contributed by atoms with Crippen molar-refractivity contribution >= 4 is 28.4 Å². The smallest absolute Gasteiger partial charge is 0.406 e. The van der Waals surface area contributed by atoms with E-state index < -0.39 is 23.8 Å². The van der Waals surface area contributed by atoms with Gasteiger partial charge in [0.15, 0.2) is 0 Å². The summed E-state index contributed by atoms with van der Waals surface area (Å²) in [6, 6.07) is 3.23. The number of nitrogen functional groups attached to an aromatic ring is 1. The maximum atomic E-state index is 15.1. The van der Waals surface area contributed by atoms with E-state index in [9.17, 15) is 22.8 Å². The number of pyridine rings is 1. The van der Waals surface area contributed by atoms with Gasteiger partial charge in [-0.2, -0.15) is 0 Å². The zero-order valence-electron chi connectivity index (χ0n) is 19.3. The van der Waals surface area contributed by atoms with Crippen LogP contribution >= 0.6 is 0 Å². The zero-order chi connectivity index (χ0) is 25.6. The Hall–Kier alpha value is -3.63. The number of carbonyl (C=O) groups is 2. The van der Waals surface area contributed by atoms with Gasteiger partial charge in [-0.1, -0.05) is 0 Å². The van der Waals surface area contributed by atoms with Crippen LogP contribution in [0, 0.1) is 5.82 Å². The number of hydrogen-bond donors (Lipinski definition) is 2. The number of likely N-dealkylation sites (tertiary alicyclic amines) is 1. The minimum atomic E-state index is -4.86. The van der Waals surface area contributed by atoms with E-state index in [4.69, 9.17) is 5.73 Å². The molecule has 5 rings (SSSR count). The van der Waals surface area contributed by atoms with E-state index in [1.54, 1.807) is 4.90 Å². The Labute approximate surface area is 203 Å². The third kappa shape index (κ3) is 4.61. The molecule has 1 amide bonds. The summed E-state index contributed by atoms with van der Waals surface area (Å²) in [5.74, 6) is -1.41. The monoisotopic (exact) mass is 504 g/mol. The molecule has 2 aliphatic rings. The third-order valence-electron chi connectivity index (χ3n) is 6.94. The van der Waals surface area contributed by atoms with Gasteiger partial charge in [0.05, 0.1) is 11.8 Å². The number of hydrogen-bond acceptors (Lipinski definition) is 5. The first-order chi connectivity index (χ1) is 17.1. The quantitative estimate of drug-likeness (QED) is 0.307. The van der Waals surface area contributed by atoms with Crippen LogP contribution in [0.15, 0.2) is 24.4 Å². The molecule has 0 saturated carbocycles. The second-order valence-corrected chi connectivity index (χ2v) is 9.26. The second kappa shape index (κ2) is 9.11. The second-order valence-electron chi connectivity index (χ2n) is 9.26. The van der Waals surface area contributed by atoms with Gasteiger partial charge in [-0.25, -0.2) is 9.37 Å². The highest BCUT2D eigenvalue weighted by Gasteiger charge is 2.33. The van der Waals surface area contributed by atoms with Crippen molar-refractivity contribution in [2.45, 2.75) is 50.8 Å². The van der Waals surface area contributed by atoms with Crippen molar-refractivity contribution in [1.29, 1.82) is 0 Å². The summed E-state index contributed by atoms with van der Waals surface area (Å²) >= 11 is 0. The Balaban J connectivity index is 1.36. The SMILES string of the molecule is Nc1cc(OC(F)(F)F)ccc1C(=O)N1CCC(c2c(F)cnc3[nH]c4c(c23)CC(=O)CCC4)CC1. The summed E-state index contributed by atoms with van der Waals surface area (Å²) in [7, 11) is 0. The number of alkyl halides is 3. The van der Waals surface area contributed by atoms with E-state index in [1.165, 1.54) is 12.3 Å². The number of nitrogens with one attached hydrogen (secondary N) is 1. The fourth-order valence-electron chi connectivity index (χ4n) is 5.30. The van der Waals surface area contributed by atoms with Gasteiger partial charge in [-0.3, -0.25) is 9.59 Å². The van der Waals surface area contributed by atoms with Crippen LogP contribution in [0.4, 0.5) is 23.2 Å². The number of ether oxygens (including phenoxy) is 1. The molecule has 0 radical (unpaired) electrons. The maximum absolute atomic E-state index is 15.1. The van der Waals surface area contributed by atoms with Gasteiger partial charge in [0.1, 0.15) is 23.0 Å². The number of nitrogens with two attached hydrogens (primary N) is 1. The molecule has 3 aromatic rings. The van der Waals surface area contributed by atoms with Crippen LogP contribution in [0.1, 0.15) is 58.8 Å². The lowest BCUT2D eigenvalue weighted by Crippen LogP contribution is -2.38. The predicted molar refractivity (Wildman–Crippen MR) is 123 cm³/mol. The van der Waals surface area contributed by atoms with Gasteiger partial charge in [0.2, 0.25) is 0 Å². The van der Waals surface area contributed by atoms with Gasteiger partial charge >= 0.3 is 6.36 Å². The summed E-state index contributed by atoms with van der Waals surface area (Å²) in [5.41, 5.74) is 8.64. The van der Waals surface area contributed by atoms with Gasteiger partial charge in [-0.15, -0.1) is 13.2 Å². The van der Waals surface area contributed by atoms with Crippen molar-refractivity contribution in [2.24, 2.45) is 0 Å². The number of amides is 1. The molecule has 0 spiro atoms. The van der Waals surface area contributed by atoms with Crippen molar-refractivity contribution in [2.75, 3.05) is 18.8 Å². The van der Waals surface area contributed by atoms with E-state index in [0.717, 1.165) is 29.8 Å². The normalized spacial score (nSPS) is 17.2. The maximum Gasteiger partial charge on any atom is 0.573 e. The number of ketones is 1. The van der Waals surface area contributed by atoms with Gasteiger partial charge < -0.3 is 20.4 Å². The molecule has 0 atom stereocenters. The van der Waals surface area contributed by atoms with Crippen LogP contribution < -0.4 is 10.5 Å². The number of aryl methyl sites for hydroxylation is 1. The molecular weight excluding hydrogens is 480 g/mol. The molecule has 36 heavy (non-hydrogen) atoms. The number of nitrogens with zero attached hydrogens (tertiary/aromatic N) is 2. The van der Waals surface area contributed by atoms with Crippen molar-refractivity contribution in [3.63, 3.8) is 0 Å². The first kappa shape index (κ1) is 24.1. The average molecular weight is 504 g/mol. The molecule has 3 N–H and O–H groups in total. The minimum Gasteiger partial charge on any atom is -0.406 e.